The average molecular weight is 211 g/mol. The van der Waals surface area contributed by atoms with Crippen molar-refractivity contribution in [3.8, 4) is 0 Å². The van der Waals surface area contributed by atoms with E-state index >= 15 is 0 Å². The number of carbonyl (C=O) groups is 2. The van der Waals surface area contributed by atoms with Crippen LogP contribution in [0.15, 0.2) is 0 Å². The van der Waals surface area contributed by atoms with Crippen molar-refractivity contribution in [1.82, 2.24) is 15.5 Å². The van der Waals surface area contributed by atoms with E-state index in [9.17, 15) is 9.59 Å². The van der Waals surface area contributed by atoms with Crippen LogP contribution in [0.25, 0.3) is 0 Å². The molecule has 2 atom stereocenters. The molecular weight excluding hydrogens is 194 g/mol. The van der Waals surface area contributed by atoms with Gasteiger partial charge < -0.3 is 15.5 Å². The monoisotopic (exact) mass is 211 g/mol. The SMILES string of the molecule is C[C@H]1CNCCN1C(=O)C1CCC(=O)N1. The van der Waals surface area contributed by atoms with E-state index in [2.05, 4.69) is 10.6 Å². The lowest BCUT2D eigenvalue weighted by Crippen LogP contribution is -2.56. The number of nitrogens with zero attached hydrogens (tertiary/aromatic N) is 1. The Morgan fingerprint density at radius 1 is 1.53 bits per heavy atom. The fraction of sp³-hybridized carbons (Fsp3) is 0.800. The summed E-state index contributed by atoms with van der Waals surface area (Å²) in [5.74, 6) is 0.0750. The third kappa shape index (κ3) is 2.12. The lowest BCUT2D eigenvalue weighted by molar-refractivity contribution is -0.137. The Labute approximate surface area is 89.2 Å². The van der Waals surface area contributed by atoms with Gasteiger partial charge in [0.15, 0.2) is 0 Å². The zero-order chi connectivity index (χ0) is 10.8. The van der Waals surface area contributed by atoms with E-state index in [-0.39, 0.29) is 23.9 Å². The van der Waals surface area contributed by atoms with Crippen LogP contribution < -0.4 is 10.6 Å². The minimum absolute atomic E-state index is 0.00358. The fourth-order valence-electron chi connectivity index (χ4n) is 2.17. The largest absolute Gasteiger partial charge is 0.344 e. The van der Waals surface area contributed by atoms with Crippen LogP contribution in [-0.4, -0.2) is 48.4 Å². The molecule has 2 aliphatic heterocycles. The van der Waals surface area contributed by atoms with Gasteiger partial charge in [-0.25, -0.2) is 0 Å². The second kappa shape index (κ2) is 4.18. The van der Waals surface area contributed by atoms with Crippen molar-refractivity contribution in [3.05, 3.63) is 0 Å². The summed E-state index contributed by atoms with van der Waals surface area (Å²) in [5, 5.41) is 5.96. The molecule has 2 amide bonds. The van der Waals surface area contributed by atoms with Gasteiger partial charge in [0.25, 0.3) is 0 Å². The van der Waals surface area contributed by atoms with Crippen LogP contribution >= 0.6 is 0 Å². The highest BCUT2D eigenvalue weighted by Crippen LogP contribution is 2.12. The normalized spacial score (nSPS) is 31.5. The first kappa shape index (κ1) is 10.4. The number of hydrogen-bond donors (Lipinski definition) is 2. The molecule has 5 heteroatoms. The Morgan fingerprint density at radius 2 is 2.33 bits per heavy atom. The summed E-state index contributed by atoms with van der Waals surface area (Å²) in [6.45, 7) is 4.45. The highest BCUT2D eigenvalue weighted by molar-refractivity contribution is 5.91. The van der Waals surface area contributed by atoms with Crippen molar-refractivity contribution in [1.29, 1.82) is 0 Å². The molecule has 0 aliphatic carbocycles. The van der Waals surface area contributed by atoms with Gasteiger partial charge in [-0.2, -0.15) is 0 Å². The second-order valence-electron chi connectivity index (χ2n) is 4.24. The standard InChI is InChI=1S/C10H17N3O2/c1-7-6-11-4-5-13(7)10(15)8-2-3-9(14)12-8/h7-8,11H,2-6H2,1H3,(H,12,14)/t7-,8?/m0/s1. The quantitative estimate of drug-likeness (QED) is 0.590. The highest BCUT2D eigenvalue weighted by Gasteiger charge is 2.33. The van der Waals surface area contributed by atoms with Gasteiger partial charge in [0.1, 0.15) is 6.04 Å². The highest BCUT2D eigenvalue weighted by atomic mass is 16.2. The molecule has 84 valence electrons. The van der Waals surface area contributed by atoms with Crippen LogP contribution in [0.5, 0.6) is 0 Å². The van der Waals surface area contributed by atoms with E-state index in [1.165, 1.54) is 0 Å². The Kier molecular flexibility index (Phi) is 2.90. The molecule has 0 aromatic rings. The molecular formula is C10H17N3O2. The van der Waals surface area contributed by atoms with Crippen molar-refractivity contribution >= 4 is 11.8 Å². The molecule has 5 nitrogen and oxygen atoms in total. The number of carbonyl (C=O) groups excluding carboxylic acids is 2. The van der Waals surface area contributed by atoms with Crippen molar-refractivity contribution in [2.24, 2.45) is 0 Å². The van der Waals surface area contributed by atoms with Gasteiger partial charge >= 0.3 is 0 Å². The van der Waals surface area contributed by atoms with E-state index in [1.807, 2.05) is 11.8 Å². The molecule has 0 spiro atoms. The topological polar surface area (TPSA) is 61.4 Å². The van der Waals surface area contributed by atoms with Crippen LogP contribution in [-0.2, 0) is 9.59 Å². The predicted octanol–water partition coefficient (Wildman–Crippen LogP) is -0.915. The van der Waals surface area contributed by atoms with Gasteiger partial charge in [0.05, 0.1) is 0 Å². The molecule has 0 aromatic heterocycles. The van der Waals surface area contributed by atoms with E-state index in [0.717, 1.165) is 19.6 Å². The van der Waals surface area contributed by atoms with Gasteiger partial charge in [-0.05, 0) is 13.3 Å². The zero-order valence-electron chi connectivity index (χ0n) is 8.95. The maximum Gasteiger partial charge on any atom is 0.245 e. The molecule has 0 radical (unpaired) electrons. The van der Waals surface area contributed by atoms with E-state index < -0.39 is 0 Å². The maximum atomic E-state index is 12.0. The molecule has 2 heterocycles. The first-order valence-electron chi connectivity index (χ1n) is 5.49. The smallest absolute Gasteiger partial charge is 0.245 e. The van der Waals surface area contributed by atoms with E-state index in [4.69, 9.17) is 0 Å². The summed E-state index contributed by atoms with van der Waals surface area (Å²) in [6.07, 6.45) is 1.13. The first-order valence-corrected chi connectivity index (χ1v) is 5.49. The number of nitrogens with one attached hydrogen (secondary N) is 2. The van der Waals surface area contributed by atoms with Crippen LogP contribution in [0.2, 0.25) is 0 Å². The van der Waals surface area contributed by atoms with Crippen molar-refractivity contribution in [2.75, 3.05) is 19.6 Å². The van der Waals surface area contributed by atoms with Crippen LogP contribution in [0.4, 0.5) is 0 Å². The summed E-state index contributed by atoms with van der Waals surface area (Å²) < 4.78 is 0. The Hall–Kier alpha value is -1.10. The van der Waals surface area contributed by atoms with Crippen LogP contribution in [0.3, 0.4) is 0 Å². The summed E-state index contributed by atoms with van der Waals surface area (Å²) in [7, 11) is 0. The summed E-state index contributed by atoms with van der Waals surface area (Å²) in [5.41, 5.74) is 0. The van der Waals surface area contributed by atoms with Gasteiger partial charge in [-0.15, -0.1) is 0 Å². The Morgan fingerprint density at radius 3 is 2.93 bits per heavy atom. The first-order chi connectivity index (χ1) is 7.18. The third-order valence-electron chi connectivity index (χ3n) is 3.08. The van der Waals surface area contributed by atoms with Gasteiger partial charge in [-0.3, -0.25) is 9.59 Å². The summed E-state index contributed by atoms with van der Waals surface area (Å²) in [4.78, 5) is 24.9. The third-order valence-corrected chi connectivity index (χ3v) is 3.08. The van der Waals surface area contributed by atoms with Gasteiger partial charge in [0, 0.05) is 32.1 Å². The Bertz CT molecular complexity index is 280. The molecule has 0 saturated carbocycles. The van der Waals surface area contributed by atoms with Gasteiger partial charge in [-0.1, -0.05) is 0 Å². The minimum Gasteiger partial charge on any atom is -0.344 e. The minimum atomic E-state index is -0.280. The molecule has 2 N–H and O–H groups in total. The number of amides is 2. The number of piperazine rings is 1. The van der Waals surface area contributed by atoms with E-state index in [1.54, 1.807) is 0 Å². The maximum absolute atomic E-state index is 12.0. The zero-order valence-corrected chi connectivity index (χ0v) is 8.95. The molecule has 2 fully saturated rings. The van der Waals surface area contributed by atoms with Crippen molar-refractivity contribution in [3.63, 3.8) is 0 Å². The number of rotatable bonds is 1. The average Bonchev–Trinajstić information content (AvgIpc) is 2.65. The summed E-state index contributed by atoms with van der Waals surface area (Å²) >= 11 is 0. The lowest BCUT2D eigenvalue weighted by atomic mass is 10.1. The fourth-order valence-corrected chi connectivity index (χ4v) is 2.17. The molecule has 0 aromatic carbocycles. The Balaban J connectivity index is 1.97. The van der Waals surface area contributed by atoms with Crippen LogP contribution in [0, 0.1) is 0 Å². The molecule has 2 aliphatic rings. The second-order valence-corrected chi connectivity index (χ2v) is 4.24. The van der Waals surface area contributed by atoms with E-state index in [0.29, 0.717) is 12.8 Å². The number of hydrogen-bond acceptors (Lipinski definition) is 3. The van der Waals surface area contributed by atoms with Crippen molar-refractivity contribution in [2.45, 2.75) is 31.8 Å². The van der Waals surface area contributed by atoms with Gasteiger partial charge in [0.2, 0.25) is 11.8 Å². The molecule has 1 unspecified atom stereocenters. The molecule has 15 heavy (non-hydrogen) atoms. The lowest BCUT2D eigenvalue weighted by Gasteiger charge is -2.35. The molecule has 2 rings (SSSR count). The summed E-state index contributed by atoms with van der Waals surface area (Å²) in [6, 6.07) is -0.0539. The molecule has 2 saturated heterocycles. The predicted molar refractivity (Wildman–Crippen MR) is 55.2 cm³/mol. The van der Waals surface area contributed by atoms with Crippen molar-refractivity contribution < 1.29 is 9.59 Å². The molecule has 0 bridgehead atoms. The van der Waals surface area contributed by atoms with Crippen LogP contribution in [0.1, 0.15) is 19.8 Å².